The van der Waals surface area contributed by atoms with Crippen molar-refractivity contribution in [2.45, 2.75) is 84.6 Å². The number of ether oxygens (including phenoxy) is 1. The van der Waals surface area contributed by atoms with E-state index in [2.05, 4.69) is 17.2 Å². The first-order valence-corrected chi connectivity index (χ1v) is 13.5. The van der Waals surface area contributed by atoms with E-state index in [1.807, 2.05) is 76.9 Å². The number of carbonyl (C=O) groups is 2. The molecule has 0 radical (unpaired) electrons. The van der Waals surface area contributed by atoms with Crippen molar-refractivity contribution in [3.63, 3.8) is 0 Å². The lowest BCUT2D eigenvalue weighted by atomic mass is 9.79. The number of carbonyl (C=O) groups excluding carboxylic acids is 2. The van der Waals surface area contributed by atoms with Gasteiger partial charge in [-0.3, -0.25) is 4.79 Å². The van der Waals surface area contributed by atoms with Crippen LogP contribution in [0.25, 0.3) is 11.3 Å². The van der Waals surface area contributed by atoms with Crippen LogP contribution in [-0.4, -0.2) is 64.9 Å². The Kier molecular flexibility index (Phi) is 7.95. The molecule has 2 amide bonds. The zero-order valence-electron chi connectivity index (χ0n) is 23.8. The SMILES string of the molecule is COC(=O)N[C@H](C(=O)N1C[C@@H](C)CC[C@H]1c1nc(-c2ccc(B3OC(C)(C)C(C)(C)O3)cc2)c[nH]1)C(C)C. The summed E-state index contributed by atoms with van der Waals surface area (Å²) in [4.78, 5) is 35.6. The lowest BCUT2D eigenvalue weighted by Gasteiger charge is -2.40. The monoisotopic (exact) mass is 524 g/mol. The van der Waals surface area contributed by atoms with Crippen LogP contribution in [0.15, 0.2) is 30.5 Å². The van der Waals surface area contributed by atoms with Crippen LogP contribution in [0.5, 0.6) is 0 Å². The summed E-state index contributed by atoms with van der Waals surface area (Å²) in [6.07, 6.45) is 3.06. The molecular weight excluding hydrogens is 483 g/mol. The van der Waals surface area contributed by atoms with Gasteiger partial charge in [-0.1, -0.05) is 45.0 Å². The average molecular weight is 524 g/mol. The maximum absolute atomic E-state index is 13.6. The Labute approximate surface area is 226 Å². The van der Waals surface area contributed by atoms with Crippen LogP contribution in [-0.2, 0) is 18.8 Å². The number of hydrogen-bond donors (Lipinski definition) is 2. The highest BCUT2D eigenvalue weighted by Gasteiger charge is 2.51. The van der Waals surface area contributed by atoms with Gasteiger partial charge in [-0.2, -0.15) is 0 Å². The molecule has 1 aromatic carbocycles. The van der Waals surface area contributed by atoms with Gasteiger partial charge >= 0.3 is 13.2 Å². The number of benzene rings is 1. The number of aromatic amines is 1. The van der Waals surface area contributed by atoms with E-state index >= 15 is 0 Å². The molecule has 2 saturated heterocycles. The van der Waals surface area contributed by atoms with E-state index in [0.717, 1.165) is 35.4 Å². The van der Waals surface area contributed by atoms with Crippen molar-refractivity contribution in [1.29, 1.82) is 0 Å². The molecule has 2 aliphatic heterocycles. The van der Waals surface area contributed by atoms with Gasteiger partial charge in [0.15, 0.2) is 0 Å². The standard InChI is InChI=1S/C28H41BN4O5/c1-17(2)23(32-26(35)36-8)25(34)33-16-18(3)9-14-22(33)24-30-15-21(31-24)19-10-12-20(13-11-19)29-37-27(4,5)28(6,7)38-29/h10-13,15,17-18,22-23H,9,14,16H2,1-8H3,(H,30,31)(H,32,35)/t18-,22-,23-/m0/s1. The van der Waals surface area contributed by atoms with E-state index in [0.29, 0.717) is 12.5 Å². The maximum atomic E-state index is 13.6. The van der Waals surface area contributed by atoms with Crippen LogP contribution in [0, 0.1) is 11.8 Å². The zero-order chi connectivity index (χ0) is 27.8. The van der Waals surface area contributed by atoms with Gasteiger partial charge in [0, 0.05) is 18.3 Å². The Balaban J connectivity index is 1.53. The van der Waals surface area contributed by atoms with Crippen molar-refractivity contribution < 1.29 is 23.6 Å². The second-order valence-corrected chi connectivity index (χ2v) is 11.9. The van der Waals surface area contributed by atoms with E-state index < -0.39 is 30.5 Å². The number of nitrogens with zero attached hydrogens (tertiary/aromatic N) is 2. The van der Waals surface area contributed by atoms with Gasteiger partial charge in [0.2, 0.25) is 5.91 Å². The summed E-state index contributed by atoms with van der Waals surface area (Å²) in [5, 5.41) is 2.72. The number of nitrogens with one attached hydrogen (secondary N) is 2. The van der Waals surface area contributed by atoms with Gasteiger partial charge in [-0.25, -0.2) is 9.78 Å². The molecule has 2 aromatic rings. The fourth-order valence-electron chi connectivity index (χ4n) is 5.00. The minimum atomic E-state index is -0.674. The first kappa shape index (κ1) is 28.2. The molecule has 0 saturated carbocycles. The lowest BCUT2D eigenvalue weighted by molar-refractivity contribution is -0.139. The van der Waals surface area contributed by atoms with E-state index in [4.69, 9.17) is 19.0 Å². The maximum Gasteiger partial charge on any atom is 0.494 e. The van der Waals surface area contributed by atoms with Crippen LogP contribution in [0.4, 0.5) is 4.79 Å². The molecule has 10 heteroatoms. The van der Waals surface area contributed by atoms with Crippen LogP contribution >= 0.6 is 0 Å². The molecule has 0 spiro atoms. The minimum Gasteiger partial charge on any atom is -0.453 e. The summed E-state index contributed by atoms with van der Waals surface area (Å²) >= 11 is 0. The molecular formula is C28H41BN4O5. The topological polar surface area (TPSA) is 106 Å². The molecule has 206 valence electrons. The number of alkyl carbamates (subject to hydrolysis) is 1. The summed E-state index contributed by atoms with van der Waals surface area (Å²) in [5.41, 5.74) is 1.94. The number of amides is 2. The molecule has 3 atom stereocenters. The van der Waals surface area contributed by atoms with Gasteiger partial charge < -0.3 is 29.2 Å². The summed E-state index contributed by atoms with van der Waals surface area (Å²) in [5.74, 6) is 0.898. The number of methoxy groups -OCH3 is 1. The quantitative estimate of drug-likeness (QED) is 0.553. The summed E-state index contributed by atoms with van der Waals surface area (Å²) in [7, 11) is 0.884. The van der Waals surface area contributed by atoms with Crippen molar-refractivity contribution in [3.05, 3.63) is 36.3 Å². The van der Waals surface area contributed by atoms with E-state index in [-0.39, 0.29) is 17.9 Å². The normalized spacial score (nSPS) is 23.4. The number of rotatable bonds is 6. The van der Waals surface area contributed by atoms with Crippen molar-refractivity contribution in [1.82, 2.24) is 20.2 Å². The van der Waals surface area contributed by atoms with Crippen molar-refractivity contribution in [2.75, 3.05) is 13.7 Å². The van der Waals surface area contributed by atoms with E-state index in [1.165, 1.54) is 7.11 Å². The van der Waals surface area contributed by atoms with Gasteiger partial charge in [-0.15, -0.1) is 0 Å². The Morgan fingerprint density at radius 1 is 1.13 bits per heavy atom. The number of imidazole rings is 1. The fourth-order valence-corrected chi connectivity index (χ4v) is 5.00. The number of likely N-dealkylation sites (tertiary alicyclic amines) is 1. The number of hydrogen-bond acceptors (Lipinski definition) is 6. The van der Waals surface area contributed by atoms with Gasteiger partial charge in [0.1, 0.15) is 11.9 Å². The smallest absolute Gasteiger partial charge is 0.453 e. The third-order valence-electron chi connectivity index (χ3n) is 8.14. The fraction of sp³-hybridized carbons (Fsp3) is 0.607. The molecule has 2 aliphatic rings. The molecule has 0 bridgehead atoms. The molecule has 0 unspecified atom stereocenters. The highest BCUT2D eigenvalue weighted by Crippen LogP contribution is 2.37. The predicted octanol–water partition coefficient (Wildman–Crippen LogP) is 4.06. The average Bonchev–Trinajstić information content (AvgIpc) is 3.43. The van der Waals surface area contributed by atoms with Gasteiger partial charge in [0.05, 0.1) is 30.0 Å². The number of aromatic nitrogens is 2. The summed E-state index contributed by atoms with van der Waals surface area (Å²) < 4.78 is 17.1. The Morgan fingerprint density at radius 3 is 2.34 bits per heavy atom. The van der Waals surface area contributed by atoms with Gasteiger partial charge in [0.25, 0.3) is 0 Å². The number of piperidine rings is 1. The Hall–Kier alpha value is -2.85. The molecule has 2 fully saturated rings. The van der Waals surface area contributed by atoms with Gasteiger partial charge in [-0.05, 0) is 57.8 Å². The molecule has 38 heavy (non-hydrogen) atoms. The summed E-state index contributed by atoms with van der Waals surface area (Å²) in [6.45, 7) is 14.8. The molecule has 2 N–H and O–H groups in total. The molecule has 0 aliphatic carbocycles. The van der Waals surface area contributed by atoms with Crippen LogP contribution in [0.1, 0.15) is 73.2 Å². The first-order valence-electron chi connectivity index (χ1n) is 13.5. The summed E-state index contributed by atoms with van der Waals surface area (Å²) in [6, 6.07) is 7.18. The third-order valence-corrected chi connectivity index (χ3v) is 8.14. The van der Waals surface area contributed by atoms with E-state index in [9.17, 15) is 9.59 Å². The minimum absolute atomic E-state index is 0.0888. The molecule has 9 nitrogen and oxygen atoms in total. The Morgan fingerprint density at radius 2 is 1.76 bits per heavy atom. The Bertz CT molecular complexity index is 1130. The van der Waals surface area contributed by atoms with Crippen molar-refractivity contribution in [3.8, 4) is 11.3 Å². The second kappa shape index (κ2) is 10.7. The number of H-pyrrole nitrogens is 1. The van der Waals surface area contributed by atoms with Crippen LogP contribution in [0.3, 0.4) is 0 Å². The van der Waals surface area contributed by atoms with Crippen LogP contribution in [0.2, 0.25) is 0 Å². The third kappa shape index (κ3) is 5.61. The van der Waals surface area contributed by atoms with E-state index in [1.54, 1.807) is 0 Å². The molecule has 1 aromatic heterocycles. The molecule has 4 rings (SSSR count). The first-order chi connectivity index (χ1) is 17.8. The second-order valence-electron chi connectivity index (χ2n) is 11.9. The predicted molar refractivity (Wildman–Crippen MR) is 147 cm³/mol. The molecule has 3 heterocycles. The highest BCUT2D eigenvalue weighted by atomic mass is 16.7. The van der Waals surface area contributed by atoms with Crippen molar-refractivity contribution >= 4 is 24.6 Å². The van der Waals surface area contributed by atoms with Crippen LogP contribution < -0.4 is 10.8 Å². The lowest BCUT2D eigenvalue weighted by Crippen LogP contribution is -2.54. The highest BCUT2D eigenvalue weighted by molar-refractivity contribution is 6.62. The zero-order valence-corrected chi connectivity index (χ0v) is 23.8. The van der Waals surface area contributed by atoms with Crippen molar-refractivity contribution in [2.24, 2.45) is 11.8 Å². The largest absolute Gasteiger partial charge is 0.494 e.